The first-order valence-corrected chi connectivity index (χ1v) is 6.46. The highest BCUT2D eigenvalue weighted by Crippen LogP contribution is 2.24. The number of nitrogens with one attached hydrogen (secondary N) is 1. The molecular weight excluding hydrogens is 302 g/mol. The summed E-state index contributed by atoms with van der Waals surface area (Å²) in [6.45, 7) is 0. The second-order valence-corrected chi connectivity index (χ2v) is 4.52. The zero-order chi connectivity index (χ0) is 17.0. The predicted molar refractivity (Wildman–Crippen MR) is 83.2 cm³/mol. The first kappa shape index (κ1) is 16.0. The molecule has 1 amide bonds. The second-order valence-electron chi connectivity index (χ2n) is 4.52. The lowest BCUT2D eigenvalue weighted by Crippen LogP contribution is -2.15. The number of carbonyl (C=O) groups is 2. The van der Waals surface area contributed by atoms with E-state index in [4.69, 9.17) is 5.73 Å². The van der Waals surface area contributed by atoms with Gasteiger partial charge in [0, 0.05) is 17.7 Å². The lowest BCUT2D eigenvalue weighted by Gasteiger charge is -2.11. The van der Waals surface area contributed by atoms with Crippen LogP contribution in [0, 0.1) is 10.1 Å². The van der Waals surface area contributed by atoms with Crippen LogP contribution in [0.25, 0.3) is 0 Å². The van der Waals surface area contributed by atoms with Crippen LogP contribution in [0.15, 0.2) is 42.5 Å². The summed E-state index contributed by atoms with van der Waals surface area (Å²) in [7, 11) is 1.23. The van der Waals surface area contributed by atoms with Crippen LogP contribution >= 0.6 is 0 Å². The predicted octanol–water partition coefficient (Wildman–Crippen LogP) is 2.22. The van der Waals surface area contributed by atoms with Gasteiger partial charge in [0.25, 0.3) is 11.6 Å². The molecule has 23 heavy (non-hydrogen) atoms. The van der Waals surface area contributed by atoms with Crippen molar-refractivity contribution in [2.75, 3.05) is 18.2 Å². The van der Waals surface area contributed by atoms with Crippen molar-refractivity contribution >= 4 is 28.9 Å². The number of ether oxygens (including phenoxy) is 1. The summed E-state index contributed by atoms with van der Waals surface area (Å²) in [5.41, 5.74) is 6.41. The molecule has 0 atom stereocenters. The van der Waals surface area contributed by atoms with E-state index in [1.165, 1.54) is 43.5 Å². The zero-order valence-electron chi connectivity index (χ0n) is 12.1. The van der Waals surface area contributed by atoms with Gasteiger partial charge in [-0.2, -0.15) is 0 Å². The first-order chi connectivity index (χ1) is 10.9. The summed E-state index contributed by atoms with van der Waals surface area (Å²) in [6, 6.07) is 9.66. The largest absolute Gasteiger partial charge is 0.465 e. The number of benzene rings is 2. The smallest absolute Gasteiger partial charge is 0.340 e. The Hall–Kier alpha value is -3.42. The maximum atomic E-state index is 12.1. The molecule has 2 aromatic carbocycles. The Bertz CT molecular complexity index is 771. The number of hydrogen-bond acceptors (Lipinski definition) is 6. The van der Waals surface area contributed by atoms with E-state index in [-0.39, 0.29) is 28.2 Å². The highest BCUT2D eigenvalue weighted by Gasteiger charge is 2.15. The van der Waals surface area contributed by atoms with Crippen LogP contribution in [-0.2, 0) is 4.74 Å². The number of rotatable bonds is 4. The Labute approximate surface area is 131 Å². The van der Waals surface area contributed by atoms with Crippen LogP contribution in [0.2, 0.25) is 0 Å². The minimum Gasteiger partial charge on any atom is -0.465 e. The van der Waals surface area contributed by atoms with Gasteiger partial charge in [-0.15, -0.1) is 0 Å². The number of anilines is 2. The third-order valence-electron chi connectivity index (χ3n) is 3.10. The summed E-state index contributed by atoms with van der Waals surface area (Å²) in [5, 5.41) is 13.1. The Morgan fingerprint density at radius 3 is 2.39 bits per heavy atom. The normalized spacial score (nSPS) is 9.96. The van der Waals surface area contributed by atoms with E-state index in [0.717, 1.165) is 0 Å². The molecule has 0 radical (unpaired) electrons. The molecule has 3 N–H and O–H groups in total. The standard InChI is InChI=1S/C15H13N3O5/c1-23-15(20)11-3-2-4-12(13(11)16)17-14(19)9-5-7-10(8-6-9)18(21)22/h2-8H,16H2,1H3,(H,17,19). The molecule has 0 saturated carbocycles. The number of nitrogens with zero attached hydrogens (tertiary/aromatic N) is 1. The average Bonchev–Trinajstić information content (AvgIpc) is 2.56. The molecule has 0 saturated heterocycles. The van der Waals surface area contributed by atoms with E-state index < -0.39 is 16.8 Å². The number of nitro benzene ring substituents is 1. The first-order valence-electron chi connectivity index (χ1n) is 6.46. The topological polar surface area (TPSA) is 125 Å². The lowest BCUT2D eigenvalue weighted by atomic mass is 10.1. The molecule has 0 aliphatic carbocycles. The minimum absolute atomic E-state index is 0.0783. The van der Waals surface area contributed by atoms with Gasteiger partial charge in [-0.3, -0.25) is 14.9 Å². The zero-order valence-corrected chi connectivity index (χ0v) is 12.1. The Balaban J connectivity index is 2.23. The van der Waals surface area contributed by atoms with Crippen LogP contribution < -0.4 is 11.1 Å². The van der Waals surface area contributed by atoms with E-state index in [1.807, 2.05) is 0 Å². The maximum absolute atomic E-state index is 12.1. The molecule has 0 aliphatic rings. The maximum Gasteiger partial charge on any atom is 0.340 e. The van der Waals surface area contributed by atoms with Crippen molar-refractivity contribution in [2.24, 2.45) is 0 Å². The number of carbonyl (C=O) groups excluding carboxylic acids is 2. The molecule has 2 aromatic rings. The minimum atomic E-state index is -0.617. The molecule has 0 aliphatic heterocycles. The molecule has 118 valence electrons. The highest BCUT2D eigenvalue weighted by atomic mass is 16.6. The molecule has 0 unspecified atom stereocenters. The molecule has 0 spiro atoms. The quantitative estimate of drug-likeness (QED) is 0.386. The fraction of sp³-hybridized carbons (Fsp3) is 0.0667. The van der Waals surface area contributed by atoms with Crippen molar-refractivity contribution in [3.8, 4) is 0 Å². The Morgan fingerprint density at radius 1 is 1.17 bits per heavy atom. The van der Waals surface area contributed by atoms with Gasteiger partial charge in [0.2, 0.25) is 0 Å². The molecule has 2 rings (SSSR count). The molecule has 0 heterocycles. The summed E-state index contributed by atoms with van der Waals surface area (Å²) < 4.78 is 4.60. The summed E-state index contributed by atoms with van der Waals surface area (Å²) >= 11 is 0. The molecule has 0 aromatic heterocycles. The molecular formula is C15H13N3O5. The Kier molecular flexibility index (Phi) is 4.55. The van der Waals surface area contributed by atoms with Gasteiger partial charge < -0.3 is 15.8 Å². The fourth-order valence-corrected chi connectivity index (χ4v) is 1.89. The van der Waals surface area contributed by atoms with Gasteiger partial charge >= 0.3 is 5.97 Å². The van der Waals surface area contributed by atoms with Gasteiger partial charge in [-0.25, -0.2) is 4.79 Å². The number of nitro groups is 1. The number of non-ortho nitro benzene ring substituents is 1. The van der Waals surface area contributed by atoms with Crippen LogP contribution in [0.5, 0.6) is 0 Å². The third-order valence-corrected chi connectivity index (χ3v) is 3.10. The van der Waals surface area contributed by atoms with Crippen molar-refractivity contribution in [3.05, 3.63) is 63.7 Å². The van der Waals surface area contributed by atoms with Crippen LogP contribution in [0.4, 0.5) is 17.1 Å². The SMILES string of the molecule is COC(=O)c1cccc(NC(=O)c2ccc([N+](=O)[O-])cc2)c1N. The van der Waals surface area contributed by atoms with Crippen molar-refractivity contribution in [3.63, 3.8) is 0 Å². The van der Waals surface area contributed by atoms with E-state index in [9.17, 15) is 19.7 Å². The second kappa shape index (κ2) is 6.56. The van der Waals surface area contributed by atoms with Gasteiger partial charge in [0.1, 0.15) is 0 Å². The highest BCUT2D eigenvalue weighted by molar-refractivity contribution is 6.08. The van der Waals surface area contributed by atoms with Crippen LogP contribution in [0.1, 0.15) is 20.7 Å². The van der Waals surface area contributed by atoms with E-state index in [0.29, 0.717) is 0 Å². The van der Waals surface area contributed by atoms with Crippen molar-refractivity contribution in [1.29, 1.82) is 0 Å². The van der Waals surface area contributed by atoms with E-state index >= 15 is 0 Å². The number of methoxy groups -OCH3 is 1. The van der Waals surface area contributed by atoms with Gasteiger partial charge in [-0.1, -0.05) is 6.07 Å². The van der Waals surface area contributed by atoms with Gasteiger partial charge in [0.05, 0.1) is 29.0 Å². The van der Waals surface area contributed by atoms with Gasteiger partial charge in [-0.05, 0) is 24.3 Å². The number of nitrogen functional groups attached to an aromatic ring is 1. The number of amides is 1. The molecule has 8 heteroatoms. The van der Waals surface area contributed by atoms with Crippen molar-refractivity contribution < 1.29 is 19.2 Å². The number of hydrogen-bond donors (Lipinski definition) is 2. The van der Waals surface area contributed by atoms with E-state index in [2.05, 4.69) is 10.1 Å². The summed E-state index contributed by atoms with van der Waals surface area (Å²) in [4.78, 5) is 33.7. The molecule has 0 bridgehead atoms. The van der Waals surface area contributed by atoms with Crippen LogP contribution in [-0.4, -0.2) is 23.9 Å². The van der Waals surface area contributed by atoms with Crippen molar-refractivity contribution in [1.82, 2.24) is 0 Å². The average molecular weight is 315 g/mol. The lowest BCUT2D eigenvalue weighted by molar-refractivity contribution is -0.384. The Morgan fingerprint density at radius 2 is 1.83 bits per heavy atom. The van der Waals surface area contributed by atoms with Gasteiger partial charge in [0.15, 0.2) is 0 Å². The summed E-state index contributed by atoms with van der Waals surface area (Å²) in [5.74, 6) is -1.12. The van der Waals surface area contributed by atoms with Crippen LogP contribution in [0.3, 0.4) is 0 Å². The number of para-hydroxylation sites is 1. The third kappa shape index (κ3) is 3.43. The summed E-state index contributed by atoms with van der Waals surface area (Å²) in [6.07, 6.45) is 0. The van der Waals surface area contributed by atoms with E-state index in [1.54, 1.807) is 6.07 Å². The fourth-order valence-electron chi connectivity index (χ4n) is 1.89. The number of esters is 1. The molecule has 8 nitrogen and oxygen atoms in total. The number of nitrogens with two attached hydrogens (primary N) is 1. The molecule has 0 fully saturated rings. The van der Waals surface area contributed by atoms with Crippen molar-refractivity contribution in [2.45, 2.75) is 0 Å². The monoisotopic (exact) mass is 315 g/mol.